The van der Waals surface area contributed by atoms with E-state index in [1.165, 1.54) is 22.3 Å². The van der Waals surface area contributed by atoms with Gasteiger partial charge in [-0.05, 0) is 41.5 Å². The second-order valence-electron chi connectivity index (χ2n) is 7.50. The van der Waals surface area contributed by atoms with E-state index in [-0.39, 0.29) is 5.92 Å². The topological polar surface area (TPSA) is 56.1 Å². The van der Waals surface area contributed by atoms with Crippen molar-refractivity contribution in [1.29, 1.82) is 0 Å². The summed E-state index contributed by atoms with van der Waals surface area (Å²) in [5.41, 5.74) is 5.15. The molecule has 27 heavy (non-hydrogen) atoms. The molecule has 5 heteroatoms. The van der Waals surface area contributed by atoms with E-state index in [0.717, 1.165) is 38.1 Å². The molecule has 0 radical (unpaired) electrons. The molecule has 1 atom stereocenters. The number of hydrogen-bond acceptors (Lipinski definition) is 4. The predicted octanol–water partition coefficient (Wildman–Crippen LogP) is 5.56. The SMILES string of the molecule is CCCc1ccccc1-c1ccc(C2CCCN3CCS(O)(O)N=C23)cc1. The lowest BCUT2D eigenvalue weighted by molar-refractivity contribution is 0.356. The summed E-state index contributed by atoms with van der Waals surface area (Å²) in [6.45, 7) is 3.87. The Morgan fingerprint density at radius 3 is 2.63 bits per heavy atom. The molecule has 4 nitrogen and oxygen atoms in total. The van der Waals surface area contributed by atoms with Crippen molar-refractivity contribution >= 4 is 16.6 Å². The number of aryl methyl sites for hydroxylation is 1. The number of benzene rings is 2. The molecule has 0 bridgehead atoms. The first-order valence-corrected chi connectivity index (χ1v) is 11.5. The lowest BCUT2D eigenvalue weighted by atomic mass is 9.87. The van der Waals surface area contributed by atoms with Crippen molar-refractivity contribution in [3.05, 3.63) is 59.7 Å². The van der Waals surface area contributed by atoms with Crippen LogP contribution in [0.1, 0.15) is 43.2 Å². The third kappa shape index (κ3) is 3.91. The van der Waals surface area contributed by atoms with Gasteiger partial charge in [-0.1, -0.05) is 72.7 Å². The van der Waals surface area contributed by atoms with Crippen LogP contribution in [0, 0.1) is 0 Å². The minimum absolute atomic E-state index is 0.158. The van der Waals surface area contributed by atoms with Gasteiger partial charge in [0.2, 0.25) is 0 Å². The van der Waals surface area contributed by atoms with E-state index in [1.54, 1.807) is 0 Å². The lowest BCUT2D eigenvalue weighted by Gasteiger charge is -2.43. The summed E-state index contributed by atoms with van der Waals surface area (Å²) in [4.78, 5) is 2.23. The van der Waals surface area contributed by atoms with Crippen LogP contribution in [-0.2, 0) is 6.42 Å². The van der Waals surface area contributed by atoms with Crippen LogP contribution in [0.3, 0.4) is 0 Å². The summed E-state index contributed by atoms with van der Waals surface area (Å²) in [5.74, 6) is 1.38. The van der Waals surface area contributed by atoms with Gasteiger partial charge in [0.1, 0.15) is 5.84 Å². The van der Waals surface area contributed by atoms with Crippen molar-refractivity contribution in [2.24, 2.45) is 4.40 Å². The van der Waals surface area contributed by atoms with Gasteiger partial charge in [-0.25, -0.2) is 0 Å². The van der Waals surface area contributed by atoms with Crippen LogP contribution >= 0.6 is 10.8 Å². The van der Waals surface area contributed by atoms with Gasteiger partial charge in [-0.15, -0.1) is 4.40 Å². The minimum Gasteiger partial charge on any atom is -0.357 e. The van der Waals surface area contributed by atoms with E-state index in [9.17, 15) is 9.11 Å². The van der Waals surface area contributed by atoms with Gasteiger partial charge in [-0.3, -0.25) is 9.11 Å². The maximum atomic E-state index is 10.1. The Labute approximate surface area is 163 Å². The molecule has 2 aliphatic heterocycles. The average Bonchev–Trinajstić information content (AvgIpc) is 2.68. The molecule has 144 valence electrons. The zero-order chi connectivity index (χ0) is 18.9. The van der Waals surface area contributed by atoms with Crippen LogP contribution in [0.15, 0.2) is 52.9 Å². The fraction of sp³-hybridized carbons (Fsp3) is 0.409. The molecule has 2 N–H and O–H groups in total. The number of amidine groups is 1. The molecule has 2 heterocycles. The third-order valence-electron chi connectivity index (χ3n) is 5.59. The number of fused-ring (bicyclic) bond motifs is 1. The summed E-state index contributed by atoms with van der Waals surface area (Å²) in [7, 11) is -2.81. The first kappa shape index (κ1) is 18.5. The summed E-state index contributed by atoms with van der Waals surface area (Å²) in [6, 6.07) is 17.4. The average molecular weight is 385 g/mol. The quantitative estimate of drug-likeness (QED) is 0.725. The predicted molar refractivity (Wildman–Crippen MR) is 115 cm³/mol. The van der Waals surface area contributed by atoms with Crippen molar-refractivity contribution in [2.45, 2.75) is 38.5 Å². The Morgan fingerprint density at radius 2 is 1.85 bits per heavy atom. The molecule has 0 saturated carbocycles. The van der Waals surface area contributed by atoms with Crippen molar-refractivity contribution < 1.29 is 9.11 Å². The van der Waals surface area contributed by atoms with Gasteiger partial charge in [0.25, 0.3) is 0 Å². The Morgan fingerprint density at radius 1 is 1.07 bits per heavy atom. The van der Waals surface area contributed by atoms with Crippen LogP contribution in [0.5, 0.6) is 0 Å². The summed E-state index contributed by atoms with van der Waals surface area (Å²) >= 11 is 0. The van der Waals surface area contributed by atoms with Crippen LogP contribution in [0.2, 0.25) is 0 Å². The Bertz CT molecular complexity index is 832. The molecule has 0 aliphatic carbocycles. The van der Waals surface area contributed by atoms with Crippen LogP contribution in [-0.4, -0.2) is 38.7 Å². The summed E-state index contributed by atoms with van der Waals surface area (Å²) < 4.78 is 24.5. The largest absolute Gasteiger partial charge is 0.357 e. The van der Waals surface area contributed by atoms with E-state index in [2.05, 4.69) is 64.8 Å². The van der Waals surface area contributed by atoms with Gasteiger partial charge in [-0.2, -0.15) is 0 Å². The zero-order valence-corrected chi connectivity index (χ0v) is 16.7. The molecule has 1 unspecified atom stereocenters. The summed E-state index contributed by atoms with van der Waals surface area (Å²) in [5, 5.41) is 0. The molecule has 4 rings (SSSR count). The van der Waals surface area contributed by atoms with E-state index < -0.39 is 10.8 Å². The van der Waals surface area contributed by atoms with Gasteiger partial charge in [0.15, 0.2) is 0 Å². The van der Waals surface area contributed by atoms with Crippen molar-refractivity contribution in [3.8, 4) is 11.1 Å². The fourth-order valence-electron chi connectivity index (χ4n) is 4.23. The molecular weight excluding hydrogens is 356 g/mol. The monoisotopic (exact) mass is 384 g/mol. The molecule has 1 saturated heterocycles. The Hall–Kier alpha value is -1.82. The summed E-state index contributed by atoms with van der Waals surface area (Å²) in [6.07, 6.45) is 4.35. The second-order valence-corrected chi connectivity index (χ2v) is 9.35. The maximum Gasteiger partial charge on any atom is 0.132 e. The smallest absolute Gasteiger partial charge is 0.132 e. The standard InChI is InChI=1S/C22H28N2O2S/c1-2-6-17-7-3-4-8-20(17)18-10-12-19(13-11-18)21-9-5-14-24-15-16-27(25,26)23-22(21)24/h3-4,7-8,10-13,21,25-26H,2,5-6,9,14-16H2,1H3. The Kier molecular flexibility index (Phi) is 5.26. The molecule has 0 spiro atoms. The molecule has 2 aromatic rings. The molecular formula is C22H28N2O2S. The van der Waals surface area contributed by atoms with Crippen LogP contribution in [0.25, 0.3) is 11.1 Å². The van der Waals surface area contributed by atoms with Crippen molar-refractivity contribution in [3.63, 3.8) is 0 Å². The fourth-order valence-corrected chi connectivity index (χ4v) is 5.33. The maximum absolute atomic E-state index is 10.1. The number of hydrogen-bond donors (Lipinski definition) is 2. The van der Waals surface area contributed by atoms with Crippen molar-refractivity contribution in [1.82, 2.24) is 4.90 Å². The van der Waals surface area contributed by atoms with Gasteiger partial charge in [0.05, 0.1) is 5.75 Å². The van der Waals surface area contributed by atoms with E-state index in [1.807, 2.05) is 0 Å². The molecule has 2 aromatic carbocycles. The molecule has 2 aliphatic rings. The first-order valence-electron chi connectivity index (χ1n) is 9.86. The highest BCUT2D eigenvalue weighted by atomic mass is 32.3. The molecule has 1 fully saturated rings. The van der Waals surface area contributed by atoms with Gasteiger partial charge < -0.3 is 4.90 Å². The highest BCUT2D eigenvalue weighted by Gasteiger charge is 2.33. The van der Waals surface area contributed by atoms with Gasteiger partial charge >= 0.3 is 0 Å². The second kappa shape index (κ2) is 7.66. The van der Waals surface area contributed by atoms with Crippen LogP contribution in [0.4, 0.5) is 0 Å². The van der Waals surface area contributed by atoms with Crippen LogP contribution < -0.4 is 0 Å². The number of rotatable bonds is 4. The third-order valence-corrected chi connectivity index (χ3v) is 6.80. The van der Waals surface area contributed by atoms with Crippen molar-refractivity contribution in [2.75, 3.05) is 18.8 Å². The van der Waals surface area contributed by atoms with E-state index >= 15 is 0 Å². The zero-order valence-electron chi connectivity index (χ0n) is 15.8. The lowest BCUT2D eigenvalue weighted by Crippen LogP contribution is -2.45. The number of piperidine rings is 1. The Balaban J connectivity index is 1.63. The molecule has 0 amide bonds. The van der Waals surface area contributed by atoms with E-state index in [0.29, 0.717) is 12.3 Å². The van der Waals surface area contributed by atoms with E-state index in [4.69, 9.17) is 0 Å². The minimum atomic E-state index is -2.81. The molecule has 0 aromatic heterocycles. The highest BCUT2D eigenvalue weighted by molar-refractivity contribution is 8.23. The first-order chi connectivity index (χ1) is 13.1. The highest BCUT2D eigenvalue weighted by Crippen LogP contribution is 2.46. The number of nitrogens with zero attached hydrogens (tertiary/aromatic N) is 2. The normalized spacial score (nSPS) is 22.7. The van der Waals surface area contributed by atoms with Gasteiger partial charge in [0, 0.05) is 19.0 Å².